The van der Waals surface area contributed by atoms with Crippen LogP contribution in [0.1, 0.15) is 40.7 Å². The quantitative estimate of drug-likeness (QED) is 0.452. The zero-order valence-electron chi connectivity index (χ0n) is 18.9. The summed E-state index contributed by atoms with van der Waals surface area (Å²) in [5.74, 6) is 0.669. The first kappa shape index (κ1) is 21.7. The highest BCUT2D eigenvalue weighted by atomic mass is 16.1. The number of fused-ring (bicyclic) bond motifs is 1. The third-order valence-corrected chi connectivity index (χ3v) is 6.29. The Balaban J connectivity index is 1.20. The first-order valence-corrected chi connectivity index (χ1v) is 11.7. The lowest BCUT2D eigenvalue weighted by Gasteiger charge is -2.26. The second-order valence-corrected chi connectivity index (χ2v) is 8.57. The van der Waals surface area contributed by atoms with Crippen LogP contribution in [-0.4, -0.2) is 40.5 Å². The van der Waals surface area contributed by atoms with Gasteiger partial charge in [0.25, 0.3) is 5.91 Å². The largest absolute Gasteiger partial charge is 0.360 e. The molecule has 7 nitrogen and oxygen atoms in total. The van der Waals surface area contributed by atoms with E-state index in [1.54, 1.807) is 12.4 Å². The molecule has 2 aromatic carbocycles. The summed E-state index contributed by atoms with van der Waals surface area (Å²) in [6.45, 7) is 2.52. The summed E-state index contributed by atoms with van der Waals surface area (Å²) in [6.07, 6.45) is 7.84. The van der Waals surface area contributed by atoms with Crippen LogP contribution in [0.2, 0.25) is 0 Å². The van der Waals surface area contributed by atoms with Gasteiger partial charge >= 0.3 is 0 Å². The minimum Gasteiger partial charge on any atom is -0.360 e. The Morgan fingerprint density at radius 3 is 2.71 bits per heavy atom. The van der Waals surface area contributed by atoms with E-state index in [1.807, 2.05) is 48.5 Å². The number of benzene rings is 2. The molecule has 0 atom stereocenters. The van der Waals surface area contributed by atoms with Crippen molar-refractivity contribution in [3.8, 4) is 17.3 Å². The van der Waals surface area contributed by atoms with Gasteiger partial charge < -0.3 is 15.2 Å². The van der Waals surface area contributed by atoms with Gasteiger partial charge in [0.05, 0.1) is 11.3 Å². The van der Waals surface area contributed by atoms with Crippen LogP contribution in [0.5, 0.6) is 0 Å². The van der Waals surface area contributed by atoms with E-state index in [2.05, 4.69) is 26.3 Å². The number of aromatic amines is 1. The van der Waals surface area contributed by atoms with Crippen molar-refractivity contribution in [1.82, 2.24) is 20.3 Å². The van der Waals surface area contributed by atoms with Gasteiger partial charge in [0.15, 0.2) is 0 Å². The van der Waals surface area contributed by atoms with E-state index in [4.69, 9.17) is 4.98 Å². The molecule has 5 rings (SSSR count). The number of H-pyrrole nitrogens is 1. The van der Waals surface area contributed by atoms with Gasteiger partial charge in [-0.2, -0.15) is 5.26 Å². The summed E-state index contributed by atoms with van der Waals surface area (Å²) < 4.78 is 0. The monoisotopic (exact) mass is 450 g/mol. The molecule has 0 aliphatic carbocycles. The van der Waals surface area contributed by atoms with Crippen molar-refractivity contribution in [2.75, 3.05) is 24.5 Å². The van der Waals surface area contributed by atoms with Gasteiger partial charge in [-0.15, -0.1) is 0 Å². The number of carbonyl (C=O) groups is 1. The van der Waals surface area contributed by atoms with E-state index >= 15 is 0 Å². The van der Waals surface area contributed by atoms with Crippen molar-refractivity contribution in [3.05, 3.63) is 77.6 Å². The predicted octanol–water partition coefficient (Wildman–Crippen LogP) is 4.46. The highest BCUT2D eigenvalue weighted by Crippen LogP contribution is 2.22. The summed E-state index contributed by atoms with van der Waals surface area (Å²) in [4.78, 5) is 27.2. The van der Waals surface area contributed by atoms with Crippen molar-refractivity contribution >= 4 is 22.8 Å². The minimum absolute atomic E-state index is 0.108. The molecule has 2 aromatic heterocycles. The van der Waals surface area contributed by atoms with E-state index < -0.39 is 0 Å². The van der Waals surface area contributed by atoms with E-state index in [0.29, 0.717) is 24.1 Å². The zero-order valence-corrected chi connectivity index (χ0v) is 18.9. The Bertz CT molecular complexity index is 1350. The lowest BCUT2D eigenvalue weighted by molar-refractivity contribution is 0.0954. The van der Waals surface area contributed by atoms with Gasteiger partial charge in [-0.1, -0.05) is 18.2 Å². The number of piperidine rings is 1. The molecule has 3 heterocycles. The van der Waals surface area contributed by atoms with E-state index in [1.165, 1.54) is 19.3 Å². The molecule has 1 fully saturated rings. The van der Waals surface area contributed by atoms with Crippen molar-refractivity contribution in [1.29, 1.82) is 5.26 Å². The summed E-state index contributed by atoms with van der Waals surface area (Å²) in [6, 6.07) is 17.6. The van der Waals surface area contributed by atoms with Gasteiger partial charge in [0.2, 0.25) is 5.95 Å². The van der Waals surface area contributed by atoms with Gasteiger partial charge in [0, 0.05) is 54.1 Å². The lowest BCUT2D eigenvalue weighted by Crippen LogP contribution is -2.30. The van der Waals surface area contributed by atoms with Crippen LogP contribution < -0.4 is 10.2 Å². The Morgan fingerprint density at radius 2 is 1.91 bits per heavy atom. The number of hydrogen-bond donors (Lipinski definition) is 2. The molecule has 0 unspecified atom stereocenters. The number of aromatic nitrogens is 3. The van der Waals surface area contributed by atoms with Gasteiger partial charge in [-0.05, 0) is 61.6 Å². The number of nitrogens with one attached hydrogen (secondary N) is 2. The van der Waals surface area contributed by atoms with Gasteiger partial charge in [-0.3, -0.25) is 4.79 Å². The third kappa shape index (κ3) is 4.62. The van der Waals surface area contributed by atoms with Crippen molar-refractivity contribution in [3.63, 3.8) is 0 Å². The maximum Gasteiger partial charge on any atom is 0.251 e. The Kier molecular flexibility index (Phi) is 6.21. The Labute approximate surface area is 198 Å². The average Bonchev–Trinajstić information content (AvgIpc) is 3.32. The van der Waals surface area contributed by atoms with Crippen molar-refractivity contribution < 1.29 is 4.79 Å². The molecule has 0 saturated carbocycles. The fourth-order valence-electron chi connectivity index (χ4n) is 4.39. The van der Waals surface area contributed by atoms with E-state index in [0.717, 1.165) is 46.8 Å². The summed E-state index contributed by atoms with van der Waals surface area (Å²) >= 11 is 0. The maximum atomic E-state index is 12.6. The van der Waals surface area contributed by atoms with Crippen molar-refractivity contribution in [2.45, 2.75) is 25.7 Å². The molecule has 1 saturated heterocycles. The predicted molar refractivity (Wildman–Crippen MR) is 133 cm³/mol. The Morgan fingerprint density at radius 1 is 1.09 bits per heavy atom. The molecule has 1 aliphatic rings. The van der Waals surface area contributed by atoms with Gasteiger partial charge in [0.1, 0.15) is 6.07 Å². The lowest BCUT2D eigenvalue weighted by atomic mass is 10.1. The fraction of sp³-hybridized carbons (Fsp3) is 0.259. The molecule has 0 spiro atoms. The SMILES string of the molecule is N#Cc1c[nH]c2ccc(CCNC(=O)c3ccc(-c4ccnc(N5CCCCC5)n4)cc3)cc12. The van der Waals surface area contributed by atoms with Crippen molar-refractivity contribution in [2.24, 2.45) is 0 Å². The molecule has 7 heteroatoms. The molecular formula is C27H26N6O. The normalized spacial score (nSPS) is 13.6. The number of rotatable bonds is 6. The topological polar surface area (TPSA) is 97.7 Å². The van der Waals surface area contributed by atoms with E-state index in [-0.39, 0.29) is 5.91 Å². The fourth-order valence-corrected chi connectivity index (χ4v) is 4.39. The molecule has 1 aliphatic heterocycles. The second kappa shape index (κ2) is 9.75. The number of nitrogens with zero attached hydrogens (tertiary/aromatic N) is 4. The molecule has 0 bridgehead atoms. The number of hydrogen-bond acceptors (Lipinski definition) is 5. The molecule has 2 N–H and O–H groups in total. The molecule has 1 amide bonds. The van der Waals surface area contributed by atoms with Crippen LogP contribution in [-0.2, 0) is 6.42 Å². The van der Waals surface area contributed by atoms with Crippen LogP contribution in [0.15, 0.2) is 60.9 Å². The van der Waals surface area contributed by atoms with Crippen LogP contribution in [0, 0.1) is 11.3 Å². The molecular weight excluding hydrogens is 424 g/mol. The smallest absolute Gasteiger partial charge is 0.251 e. The maximum absolute atomic E-state index is 12.6. The Hall–Kier alpha value is -4.18. The summed E-state index contributed by atoms with van der Waals surface area (Å²) in [5, 5.41) is 13.1. The van der Waals surface area contributed by atoms with Crippen LogP contribution in [0.3, 0.4) is 0 Å². The first-order chi connectivity index (χ1) is 16.7. The summed E-state index contributed by atoms with van der Waals surface area (Å²) in [5.41, 5.74) is 5.09. The van der Waals surface area contributed by atoms with E-state index in [9.17, 15) is 10.1 Å². The van der Waals surface area contributed by atoms with Gasteiger partial charge in [-0.25, -0.2) is 9.97 Å². The minimum atomic E-state index is -0.108. The number of amides is 1. The standard InChI is InChI=1S/C27H26N6O/c28-17-22-18-31-25-9-4-19(16-23(22)25)10-12-29-26(34)21-7-5-20(6-8-21)24-11-13-30-27(32-24)33-14-2-1-3-15-33/h4-9,11,13,16,18,31H,1-3,10,12,14-15H2,(H,29,34). The number of anilines is 1. The number of nitriles is 1. The summed E-state index contributed by atoms with van der Waals surface area (Å²) in [7, 11) is 0. The zero-order chi connectivity index (χ0) is 23.3. The third-order valence-electron chi connectivity index (χ3n) is 6.29. The second-order valence-electron chi connectivity index (χ2n) is 8.57. The molecule has 4 aromatic rings. The number of carbonyl (C=O) groups excluding carboxylic acids is 1. The van der Waals surface area contributed by atoms with Crippen LogP contribution in [0.4, 0.5) is 5.95 Å². The molecule has 0 radical (unpaired) electrons. The highest BCUT2D eigenvalue weighted by molar-refractivity contribution is 5.94. The molecule has 34 heavy (non-hydrogen) atoms. The molecule has 170 valence electrons. The van der Waals surface area contributed by atoms with Crippen LogP contribution in [0.25, 0.3) is 22.2 Å². The highest BCUT2D eigenvalue weighted by Gasteiger charge is 2.14. The first-order valence-electron chi connectivity index (χ1n) is 11.7. The average molecular weight is 451 g/mol. The van der Waals surface area contributed by atoms with Crippen LogP contribution >= 0.6 is 0 Å².